The average Bonchev–Trinajstić information content (AvgIpc) is 3.63. The van der Waals surface area contributed by atoms with Gasteiger partial charge in [0.1, 0.15) is 17.1 Å². The molecule has 4 aromatic rings. The Labute approximate surface area is 303 Å². The number of esters is 1. The first-order valence-electron chi connectivity index (χ1n) is 15.7. The van der Waals surface area contributed by atoms with Gasteiger partial charge in [-0.25, -0.2) is 13.2 Å². The number of benzene rings is 3. The molecule has 2 aliphatic heterocycles. The fourth-order valence-corrected chi connectivity index (χ4v) is 10.7. The minimum atomic E-state index is -4.40. The van der Waals surface area contributed by atoms with E-state index in [9.17, 15) is 22.8 Å². The zero-order valence-corrected chi connectivity index (χ0v) is 30.4. The monoisotopic (exact) mass is 746 g/mol. The van der Waals surface area contributed by atoms with Crippen LogP contribution in [0.4, 0.5) is 0 Å². The van der Waals surface area contributed by atoms with Crippen LogP contribution in [0, 0.1) is 6.92 Å². The summed E-state index contributed by atoms with van der Waals surface area (Å²) in [5.41, 5.74) is 1.89. The average molecular weight is 747 g/mol. The second-order valence-corrected chi connectivity index (χ2v) is 16.7. The molecular weight excluding hydrogens is 713 g/mol. The number of carbonyl (C=O) groups is 3. The van der Waals surface area contributed by atoms with Gasteiger partial charge < -0.3 is 15.9 Å². The third-order valence-corrected chi connectivity index (χ3v) is 13.2. The van der Waals surface area contributed by atoms with Crippen molar-refractivity contribution >= 4 is 67.5 Å². The molecule has 6 rings (SSSR count). The molecule has 3 N–H and O–H groups in total. The number of ether oxygens (including phenoxy) is 1. The Morgan fingerprint density at radius 2 is 1.72 bits per heavy atom. The minimum Gasteiger partial charge on any atom is -0.448 e. The summed E-state index contributed by atoms with van der Waals surface area (Å²) in [7, 11) is -4.40. The fraction of sp³-hybridized carbons (Fsp3) is 0.222. The van der Waals surface area contributed by atoms with Gasteiger partial charge in [0.25, 0.3) is 5.91 Å². The van der Waals surface area contributed by atoms with Crippen molar-refractivity contribution in [1.82, 2.24) is 10.2 Å². The quantitative estimate of drug-likeness (QED) is 0.0389. The number of carbonyl (C=O) groups excluding carboxylic acids is 3. The van der Waals surface area contributed by atoms with Crippen LogP contribution in [0.5, 0.6) is 0 Å². The van der Waals surface area contributed by atoms with Crippen molar-refractivity contribution in [3.05, 3.63) is 129 Å². The van der Waals surface area contributed by atoms with Crippen LogP contribution in [0.25, 0.3) is 0 Å². The standard InChI is InChI=1S/C36H34N4O6S4/c1-3-47-27-19-22(2)16-17-28(27)50(44,45)33(39-37)26-21-49-35-30(38-29(41)20-25-15-10-18-48-25)34(42)40(35)31(26)36(43)46-32(23-11-6-4-7-12-23)24-13-8-5-9-14-24/h4-19,30,32,35H,3,20-21,37H2,1-2H3,(H,38,41)/b39-33-/t30-,35-/m1/s1. The molecule has 2 atom stereocenters. The molecule has 50 heavy (non-hydrogen) atoms. The summed E-state index contributed by atoms with van der Waals surface area (Å²) in [6.07, 6.45) is -0.787. The second kappa shape index (κ2) is 15.3. The number of hydrazone groups is 1. The third-order valence-electron chi connectivity index (χ3n) is 8.14. The van der Waals surface area contributed by atoms with Gasteiger partial charge in [0, 0.05) is 21.1 Å². The summed E-state index contributed by atoms with van der Waals surface area (Å²) < 4.78 is 34.9. The first kappa shape index (κ1) is 35.5. The molecule has 0 spiro atoms. The van der Waals surface area contributed by atoms with E-state index >= 15 is 0 Å². The predicted molar refractivity (Wildman–Crippen MR) is 197 cm³/mol. The predicted octanol–water partition coefficient (Wildman–Crippen LogP) is 5.44. The SMILES string of the molecule is CCSc1cc(C)ccc1S(=O)(=O)/C(=N\N)C1=C(C(=O)OC(c2ccccc2)c2ccccc2)N2C(=O)[C@@H](NC(=O)Cc3cccs3)[C@H]2SC1. The molecule has 0 aliphatic carbocycles. The lowest BCUT2D eigenvalue weighted by atomic mass is 10.0. The molecule has 0 radical (unpaired) electrons. The largest absolute Gasteiger partial charge is 0.448 e. The van der Waals surface area contributed by atoms with E-state index in [0.717, 1.165) is 10.4 Å². The Morgan fingerprint density at radius 3 is 2.32 bits per heavy atom. The molecule has 258 valence electrons. The zero-order valence-electron chi connectivity index (χ0n) is 27.1. The smallest absolute Gasteiger partial charge is 0.356 e. The summed E-state index contributed by atoms with van der Waals surface area (Å²) >= 11 is 4.00. The van der Waals surface area contributed by atoms with Crippen molar-refractivity contribution in [3.8, 4) is 0 Å². The normalized spacial score (nSPS) is 17.7. The lowest BCUT2D eigenvalue weighted by Crippen LogP contribution is -2.71. The van der Waals surface area contributed by atoms with E-state index in [0.29, 0.717) is 21.8 Å². The van der Waals surface area contributed by atoms with Crippen LogP contribution in [0.15, 0.2) is 123 Å². The summed E-state index contributed by atoms with van der Waals surface area (Å²) in [6, 6.07) is 25.9. The molecule has 2 aliphatic rings. The Morgan fingerprint density at radius 1 is 1.04 bits per heavy atom. The van der Waals surface area contributed by atoms with Crippen molar-refractivity contribution < 1.29 is 27.5 Å². The van der Waals surface area contributed by atoms with Crippen LogP contribution in [-0.4, -0.2) is 59.1 Å². The van der Waals surface area contributed by atoms with Crippen LogP contribution in [0.3, 0.4) is 0 Å². The van der Waals surface area contributed by atoms with Gasteiger partial charge >= 0.3 is 5.97 Å². The summed E-state index contributed by atoms with van der Waals surface area (Å²) in [6.45, 7) is 3.78. The van der Waals surface area contributed by atoms with Gasteiger partial charge in [-0.1, -0.05) is 79.7 Å². The van der Waals surface area contributed by atoms with Crippen molar-refractivity contribution in [1.29, 1.82) is 0 Å². The highest BCUT2D eigenvalue weighted by Crippen LogP contribution is 2.43. The van der Waals surface area contributed by atoms with Gasteiger partial charge in [-0.05, 0) is 52.9 Å². The van der Waals surface area contributed by atoms with Gasteiger partial charge in [-0.2, -0.15) is 5.10 Å². The Hall–Kier alpha value is -4.37. The van der Waals surface area contributed by atoms with Crippen molar-refractivity contribution in [2.24, 2.45) is 10.9 Å². The van der Waals surface area contributed by atoms with Gasteiger partial charge in [0.15, 0.2) is 11.1 Å². The highest BCUT2D eigenvalue weighted by molar-refractivity contribution is 8.08. The van der Waals surface area contributed by atoms with E-state index in [2.05, 4.69) is 10.4 Å². The molecule has 10 nitrogen and oxygen atoms in total. The molecular formula is C36H34N4O6S4. The number of fused-ring (bicyclic) bond motifs is 1. The number of β-lactam (4-membered cyclic amide) rings is 1. The van der Waals surface area contributed by atoms with E-state index in [-0.39, 0.29) is 34.2 Å². The Kier molecular flexibility index (Phi) is 10.8. The Balaban J connectivity index is 1.42. The first-order valence-corrected chi connectivity index (χ1v) is 20.1. The maximum Gasteiger partial charge on any atom is 0.356 e. The molecule has 3 aromatic carbocycles. The second-order valence-electron chi connectivity index (χ2n) is 11.5. The minimum absolute atomic E-state index is 0.00779. The summed E-state index contributed by atoms with van der Waals surface area (Å²) in [5.74, 6) is 4.58. The lowest BCUT2D eigenvalue weighted by molar-refractivity contribution is -0.154. The van der Waals surface area contributed by atoms with E-state index in [4.69, 9.17) is 10.6 Å². The van der Waals surface area contributed by atoms with Crippen LogP contribution >= 0.6 is 34.9 Å². The van der Waals surface area contributed by atoms with Gasteiger partial charge in [-0.3, -0.25) is 14.5 Å². The molecule has 2 amide bonds. The number of sulfone groups is 1. The molecule has 1 saturated heterocycles. The number of nitrogens with one attached hydrogen (secondary N) is 1. The van der Waals surface area contributed by atoms with Crippen LogP contribution in [0.2, 0.25) is 0 Å². The molecule has 1 aromatic heterocycles. The van der Waals surface area contributed by atoms with E-state index in [1.54, 1.807) is 12.1 Å². The number of aryl methyl sites for hydroxylation is 1. The topological polar surface area (TPSA) is 148 Å². The summed E-state index contributed by atoms with van der Waals surface area (Å²) in [5, 5.41) is 7.20. The van der Waals surface area contributed by atoms with E-state index < -0.39 is 44.3 Å². The number of rotatable bonds is 11. The molecule has 0 saturated carbocycles. The number of nitrogens with zero attached hydrogens (tertiary/aromatic N) is 2. The Bertz CT molecular complexity index is 2030. The van der Waals surface area contributed by atoms with Crippen LogP contribution in [-0.2, 0) is 35.4 Å². The van der Waals surface area contributed by atoms with Gasteiger partial charge in [-0.15, -0.1) is 34.9 Å². The molecule has 1 fully saturated rings. The molecule has 14 heteroatoms. The van der Waals surface area contributed by atoms with Crippen molar-refractivity contribution in [2.45, 2.75) is 47.6 Å². The van der Waals surface area contributed by atoms with E-state index in [1.807, 2.05) is 92.0 Å². The molecule has 0 unspecified atom stereocenters. The zero-order chi connectivity index (χ0) is 35.4. The highest BCUT2D eigenvalue weighted by Gasteiger charge is 2.56. The number of hydrogen-bond acceptors (Lipinski definition) is 11. The fourth-order valence-electron chi connectivity index (χ4n) is 5.83. The summed E-state index contributed by atoms with van der Waals surface area (Å²) in [4.78, 5) is 43.8. The number of hydrogen-bond donors (Lipinski definition) is 2. The maximum atomic E-state index is 14.5. The van der Waals surface area contributed by atoms with Crippen LogP contribution < -0.4 is 11.2 Å². The molecule has 3 heterocycles. The van der Waals surface area contributed by atoms with Gasteiger partial charge in [0.05, 0.1) is 11.3 Å². The highest BCUT2D eigenvalue weighted by atomic mass is 32.2. The number of thiophene rings is 1. The van der Waals surface area contributed by atoms with Crippen molar-refractivity contribution in [3.63, 3.8) is 0 Å². The first-order chi connectivity index (χ1) is 24.1. The van der Waals surface area contributed by atoms with E-state index in [1.165, 1.54) is 45.8 Å². The maximum absolute atomic E-state index is 14.5. The van der Waals surface area contributed by atoms with Crippen LogP contribution in [0.1, 0.15) is 34.6 Å². The van der Waals surface area contributed by atoms with Gasteiger partial charge in [0.2, 0.25) is 15.7 Å². The molecule has 0 bridgehead atoms. The number of amides is 2. The third kappa shape index (κ3) is 7.11. The van der Waals surface area contributed by atoms with Crippen molar-refractivity contribution in [2.75, 3.05) is 11.5 Å². The number of nitrogens with two attached hydrogens (primary N) is 1. The lowest BCUT2D eigenvalue weighted by Gasteiger charge is -2.49. The number of thioether (sulfide) groups is 2.